The van der Waals surface area contributed by atoms with Crippen molar-refractivity contribution in [1.82, 2.24) is 14.7 Å². The van der Waals surface area contributed by atoms with Gasteiger partial charge in [-0.05, 0) is 17.7 Å². The SMILES string of the molecule is COc1ccc(CNC(=O)c2csc3nccn23)cc1. The van der Waals surface area contributed by atoms with Crippen molar-refractivity contribution in [3.63, 3.8) is 0 Å². The van der Waals surface area contributed by atoms with Crippen LogP contribution in [0.2, 0.25) is 0 Å². The number of nitrogens with zero attached hydrogens (tertiary/aromatic N) is 2. The second-order valence-electron chi connectivity index (χ2n) is 4.23. The maximum atomic E-state index is 12.1. The van der Waals surface area contributed by atoms with Gasteiger partial charge >= 0.3 is 0 Å². The van der Waals surface area contributed by atoms with Crippen LogP contribution >= 0.6 is 11.3 Å². The largest absolute Gasteiger partial charge is 0.497 e. The van der Waals surface area contributed by atoms with Crippen LogP contribution in [0.1, 0.15) is 16.1 Å². The van der Waals surface area contributed by atoms with E-state index in [4.69, 9.17) is 4.74 Å². The van der Waals surface area contributed by atoms with Gasteiger partial charge in [-0.3, -0.25) is 9.20 Å². The van der Waals surface area contributed by atoms with Crippen molar-refractivity contribution in [2.24, 2.45) is 0 Å². The number of hydrogen-bond donors (Lipinski definition) is 1. The third-order valence-corrected chi connectivity index (χ3v) is 3.84. The standard InChI is InChI=1S/C14H13N3O2S/c1-19-11-4-2-10(3-5-11)8-16-13(18)12-9-20-14-15-6-7-17(12)14/h2-7,9H,8H2,1H3,(H,16,18). The molecule has 2 heterocycles. The normalized spacial score (nSPS) is 10.7. The Morgan fingerprint density at radius 2 is 2.20 bits per heavy atom. The van der Waals surface area contributed by atoms with E-state index in [2.05, 4.69) is 10.3 Å². The molecule has 1 N–H and O–H groups in total. The highest BCUT2D eigenvalue weighted by Crippen LogP contribution is 2.15. The molecule has 0 aliphatic heterocycles. The number of methoxy groups -OCH3 is 1. The van der Waals surface area contributed by atoms with Gasteiger partial charge in [-0.25, -0.2) is 4.98 Å². The van der Waals surface area contributed by atoms with Crippen molar-refractivity contribution in [2.45, 2.75) is 6.54 Å². The van der Waals surface area contributed by atoms with Crippen LogP contribution in [0, 0.1) is 0 Å². The summed E-state index contributed by atoms with van der Waals surface area (Å²) in [4.78, 5) is 17.1. The number of hydrogen-bond acceptors (Lipinski definition) is 4. The highest BCUT2D eigenvalue weighted by molar-refractivity contribution is 7.15. The van der Waals surface area contributed by atoms with E-state index in [0.717, 1.165) is 16.3 Å². The molecule has 0 radical (unpaired) electrons. The van der Waals surface area contributed by atoms with E-state index < -0.39 is 0 Å². The zero-order chi connectivity index (χ0) is 13.9. The quantitative estimate of drug-likeness (QED) is 0.801. The Morgan fingerprint density at radius 3 is 2.95 bits per heavy atom. The molecular formula is C14H13N3O2S. The Hall–Kier alpha value is -2.34. The molecule has 0 spiro atoms. The number of amides is 1. The van der Waals surface area contributed by atoms with Crippen LogP contribution in [0.4, 0.5) is 0 Å². The number of fused-ring (bicyclic) bond motifs is 1. The third kappa shape index (κ3) is 2.37. The maximum absolute atomic E-state index is 12.1. The Labute approximate surface area is 119 Å². The number of aromatic nitrogens is 2. The minimum Gasteiger partial charge on any atom is -0.497 e. The first-order valence-corrected chi connectivity index (χ1v) is 6.97. The van der Waals surface area contributed by atoms with Crippen molar-refractivity contribution >= 4 is 22.2 Å². The van der Waals surface area contributed by atoms with Crippen molar-refractivity contribution in [3.8, 4) is 5.75 Å². The van der Waals surface area contributed by atoms with Gasteiger partial charge < -0.3 is 10.1 Å². The van der Waals surface area contributed by atoms with Gasteiger partial charge in [0.1, 0.15) is 11.4 Å². The minimum atomic E-state index is -0.106. The fourth-order valence-electron chi connectivity index (χ4n) is 1.90. The summed E-state index contributed by atoms with van der Waals surface area (Å²) in [6.45, 7) is 0.481. The highest BCUT2D eigenvalue weighted by Gasteiger charge is 2.11. The van der Waals surface area contributed by atoms with Crippen LogP contribution in [0.25, 0.3) is 4.96 Å². The Balaban J connectivity index is 1.68. The molecule has 3 aromatic rings. The van der Waals surface area contributed by atoms with Gasteiger partial charge in [-0.1, -0.05) is 12.1 Å². The highest BCUT2D eigenvalue weighted by atomic mass is 32.1. The van der Waals surface area contributed by atoms with Crippen molar-refractivity contribution in [3.05, 3.63) is 53.3 Å². The number of rotatable bonds is 4. The predicted octanol–water partition coefficient (Wildman–Crippen LogP) is 2.33. The van der Waals surface area contributed by atoms with E-state index in [-0.39, 0.29) is 5.91 Å². The average molecular weight is 287 g/mol. The van der Waals surface area contributed by atoms with E-state index in [1.165, 1.54) is 11.3 Å². The molecule has 0 aliphatic carbocycles. The fourth-order valence-corrected chi connectivity index (χ4v) is 2.74. The Bertz CT molecular complexity index is 730. The summed E-state index contributed by atoms with van der Waals surface area (Å²) in [6, 6.07) is 7.61. The van der Waals surface area contributed by atoms with Gasteiger partial charge in [-0.15, -0.1) is 11.3 Å². The van der Waals surface area contributed by atoms with Gasteiger partial charge in [0.2, 0.25) is 0 Å². The topological polar surface area (TPSA) is 55.6 Å². The first-order chi connectivity index (χ1) is 9.78. The zero-order valence-corrected chi connectivity index (χ0v) is 11.7. The first kappa shape index (κ1) is 12.7. The predicted molar refractivity (Wildman–Crippen MR) is 77.2 cm³/mol. The lowest BCUT2D eigenvalue weighted by molar-refractivity contribution is 0.0945. The third-order valence-electron chi connectivity index (χ3n) is 2.99. The molecule has 6 heteroatoms. The molecular weight excluding hydrogens is 274 g/mol. The number of thiazole rings is 1. The summed E-state index contributed by atoms with van der Waals surface area (Å²) < 4.78 is 6.88. The lowest BCUT2D eigenvalue weighted by Crippen LogP contribution is -2.23. The van der Waals surface area contributed by atoms with Gasteiger partial charge in [0, 0.05) is 24.3 Å². The molecule has 20 heavy (non-hydrogen) atoms. The molecule has 102 valence electrons. The molecule has 0 bridgehead atoms. The number of carbonyl (C=O) groups excluding carboxylic acids is 1. The molecule has 1 amide bonds. The van der Waals surface area contributed by atoms with Crippen LogP contribution in [0.15, 0.2) is 42.0 Å². The van der Waals surface area contributed by atoms with Crippen LogP contribution in [-0.2, 0) is 6.54 Å². The second kappa shape index (κ2) is 5.34. The van der Waals surface area contributed by atoms with Crippen LogP contribution in [0.5, 0.6) is 5.75 Å². The van der Waals surface area contributed by atoms with Crippen LogP contribution < -0.4 is 10.1 Å². The molecule has 5 nitrogen and oxygen atoms in total. The van der Waals surface area contributed by atoms with Gasteiger partial charge in [0.15, 0.2) is 4.96 Å². The molecule has 0 saturated carbocycles. The van der Waals surface area contributed by atoms with E-state index in [9.17, 15) is 4.79 Å². The average Bonchev–Trinajstić information content (AvgIpc) is 3.08. The molecule has 0 unspecified atom stereocenters. The fraction of sp³-hybridized carbons (Fsp3) is 0.143. The van der Waals surface area contributed by atoms with Gasteiger partial charge in [0.25, 0.3) is 5.91 Å². The minimum absolute atomic E-state index is 0.106. The second-order valence-corrected chi connectivity index (χ2v) is 5.07. The number of benzene rings is 1. The molecule has 0 fully saturated rings. The van der Waals surface area contributed by atoms with E-state index in [0.29, 0.717) is 12.2 Å². The van der Waals surface area contributed by atoms with Crippen molar-refractivity contribution in [1.29, 1.82) is 0 Å². The van der Waals surface area contributed by atoms with E-state index in [1.807, 2.05) is 29.6 Å². The lowest BCUT2D eigenvalue weighted by Gasteiger charge is -2.05. The maximum Gasteiger partial charge on any atom is 0.269 e. The zero-order valence-electron chi connectivity index (χ0n) is 10.9. The Morgan fingerprint density at radius 1 is 1.40 bits per heavy atom. The summed E-state index contributed by atoms with van der Waals surface area (Å²) in [6.07, 6.45) is 3.47. The molecule has 2 aromatic heterocycles. The summed E-state index contributed by atoms with van der Waals surface area (Å²) in [5, 5.41) is 4.71. The summed E-state index contributed by atoms with van der Waals surface area (Å²) in [7, 11) is 1.63. The number of carbonyl (C=O) groups is 1. The van der Waals surface area contributed by atoms with E-state index >= 15 is 0 Å². The van der Waals surface area contributed by atoms with Crippen LogP contribution in [-0.4, -0.2) is 22.4 Å². The summed E-state index contributed by atoms with van der Waals surface area (Å²) >= 11 is 1.45. The summed E-state index contributed by atoms with van der Waals surface area (Å²) in [5.74, 6) is 0.697. The smallest absolute Gasteiger partial charge is 0.269 e. The first-order valence-electron chi connectivity index (χ1n) is 6.09. The molecule has 0 saturated heterocycles. The Kier molecular flexibility index (Phi) is 3.39. The molecule has 1 aromatic carbocycles. The van der Waals surface area contributed by atoms with Gasteiger partial charge in [0.05, 0.1) is 7.11 Å². The molecule has 3 rings (SSSR count). The molecule has 0 atom stereocenters. The number of ether oxygens (including phenoxy) is 1. The lowest BCUT2D eigenvalue weighted by atomic mass is 10.2. The van der Waals surface area contributed by atoms with E-state index in [1.54, 1.807) is 23.9 Å². The molecule has 0 aliphatic rings. The van der Waals surface area contributed by atoms with Crippen molar-refractivity contribution in [2.75, 3.05) is 7.11 Å². The number of nitrogens with one attached hydrogen (secondary N) is 1. The van der Waals surface area contributed by atoms with Gasteiger partial charge in [-0.2, -0.15) is 0 Å². The van der Waals surface area contributed by atoms with Crippen molar-refractivity contribution < 1.29 is 9.53 Å². The van der Waals surface area contributed by atoms with Crippen LogP contribution in [0.3, 0.4) is 0 Å². The summed E-state index contributed by atoms with van der Waals surface area (Å²) in [5.41, 5.74) is 1.63. The monoisotopic (exact) mass is 287 g/mol. The number of imidazole rings is 1.